The highest BCUT2D eigenvalue weighted by molar-refractivity contribution is 7.71. The highest BCUT2D eigenvalue weighted by Crippen LogP contribution is 2.20. The molecule has 0 aliphatic rings. The Labute approximate surface area is 119 Å². The van der Waals surface area contributed by atoms with Gasteiger partial charge in [0, 0.05) is 0 Å². The van der Waals surface area contributed by atoms with Gasteiger partial charge in [-0.2, -0.15) is 0 Å². The molecule has 102 valence electrons. The lowest BCUT2D eigenvalue weighted by molar-refractivity contribution is 0.506. The number of aryl methyl sites for hydroxylation is 1. The van der Waals surface area contributed by atoms with Crippen molar-refractivity contribution in [2.24, 2.45) is 0 Å². The normalized spacial score (nSPS) is 11.2. The Morgan fingerprint density at radius 1 is 1.15 bits per heavy atom. The summed E-state index contributed by atoms with van der Waals surface area (Å²) >= 11 is 5.31. The van der Waals surface area contributed by atoms with Crippen LogP contribution in [-0.2, 0) is 6.54 Å². The van der Waals surface area contributed by atoms with Crippen LogP contribution in [0.2, 0.25) is 0 Å². The van der Waals surface area contributed by atoms with Crippen molar-refractivity contribution in [1.82, 2.24) is 9.55 Å². The number of hydrogen-bond acceptors (Lipinski definition) is 1. The molecule has 2 nitrogen and oxygen atoms in total. The second-order valence-corrected chi connectivity index (χ2v) is 5.12. The van der Waals surface area contributed by atoms with Gasteiger partial charge in [0.1, 0.15) is 0 Å². The third-order valence-corrected chi connectivity index (χ3v) is 3.64. The molecule has 0 amide bonds. The third kappa shape index (κ3) is 2.14. The number of hydrogen-bond donors (Lipinski definition) is 1. The van der Waals surface area contributed by atoms with Gasteiger partial charge in [0.05, 0.1) is 17.6 Å². The number of halogens is 2. The van der Waals surface area contributed by atoms with E-state index in [9.17, 15) is 8.78 Å². The van der Waals surface area contributed by atoms with Gasteiger partial charge in [0.15, 0.2) is 16.4 Å². The zero-order valence-electron chi connectivity index (χ0n) is 10.8. The van der Waals surface area contributed by atoms with Gasteiger partial charge in [-0.1, -0.05) is 18.2 Å². The first-order valence-corrected chi connectivity index (χ1v) is 6.59. The first-order chi connectivity index (χ1) is 9.56. The summed E-state index contributed by atoms with van der Waals surface area (Å²) in [5, 5.41) is 0. The summed E-state index contributed by atoms with van der Waals surface area (Å²) in [4.78, 5) is 3.12. The first kappa shape index (κ1) is 13.0. The predicted octanol–water partition coefficient (Wildman–Crippen LogP) is 4.33. The van der Waals surface area contributed by atoms with Gasteiger partial charge in [0.25, 0.3) is 0 Å². The molecule has 5 heteroatoms. The van der Waals surface area contributed by atoms with Crippen LogP contribution in [0.5, 0.6) is 0 Å². The van der Waals surface area contributed by atoms with E-state index in [1.165, 1.54) is 6.07 Å². The molecule has 0 saturated carbocycles. The van der Waals surface area contributed by atoms with Crippen molar-refractivity contribution in [2.75, 3.05) is 0 Å². The van der Waals surface area contributed by atoms with Crippen LogP contribution in [0.25, 0.3) is 11.0 Å². The lowest BCUT2D eigenvalue weighted by atomic mass is 10.2. The zero-order valence-corrected chi connectivity index (χ0v) is 11.6. The van der Waals surface area contributed by atoms with E-state index in [0.717, 1.165) is 22.7 Å². The Bertz CT molecular complexity index is 849. The van der Waals surface area contributed by atoms with E-state index in [1.807, 2.05) is 29.7 Å². The number of fused-ring (bicyclic) bond motifs is 1. The maximum atomic E-state index is 13.3. The lowest BCUT2D eigenvalue weighted by Gasteiger charge is -2.07. The second-order valence-electron chi connectivity index (χ2n) is 4.74. The summed E-state index contributed by atoms with van der Waals surface area (Å²) in [6.07, 6.45) is 0. The van der Waals surface area contributed by atoms with Crippen molar-refractivity contribution in [3.05, 3.63) is 63.9 Å². The van der Waals surface area contributed by atoms with Crippen LogP contribution in [0.15, 0.2) is 36.4 Å². The van der Waals surface area contributed by atoms with E-state index >= 15 is 0 Å². The molecule has 0 aliphatic carbocycles. The number of nitrogens with one attached hydrogen (secondary N) is 1. The molecule has 0 unspecified atom stereocenters. The van der Waals surface area contributed by atoms with Gasteiger partial charge < -0.3 is 9.55 Å². The number of rotatable bonds is 2. The highest BCUT2D eigenvalue weighted by Gasteiger charge is 2.09. The molecule has 3 aromatic rings. The quantitative estimate of drug-likeness (QED) is 0.697. The SMILES string of the molecule is Cc1cccc2[nH]c(=S)n(Cc3ccc(F)c(F)c3)c12. The fourth-order valence-electron chi connectivity index (χ4n) is 2.37. The Morgan fingerprint density at radius 2 is 1.95 bits per heavy atom. The molecule has 0 fully saturated rings. The van der Waals surface area contributed by atoms with E-state index in [0.29, 0.717) is 16.9 Å². The van der Waals surface area contributed by atoms with Gasteiger partial charge in [-0.3, -0.25) is 0 Å². The molecule has 20 heavy (non-hydrogen) atoms. The average molecular weight is 290 g/mol. The Morgan fingerprint density at radius 3 is 2.70 bits per heavy atom. The van der Waals surface area contributed by atoms with Crippen LogP contribution in [-0.4, -0.2) is 9.55 Å². The number of nitrogens with zero attached hydrogens (tertiary/aromatic N) is 1. The van der Waals surface area contributed by atoms with E-state index in [-0.39, 0.29) is 0 Å². The molecule has 0 radical (unpaired) electrons. The van der Waals surface area contributed by atoms with Gasteiger partial charge in [-0.05, 0) is 48.5 Å². The van der Waals surface area contributed by atoms with E-state index in [4.69, 9.17) is 12.2 Å². The van der Waals surface area contributed by atoms with Gasteiger partial charge in [-0.15, -0.1) is 0 Å². The average Bonchev–Trinajstić information content (AvgIpc) is 2.72. The molecule has 1 N–H and O–H groups in total. The molecule has 0 bridgehead atoms. The Balaban J connectivity index is 2.13. The summed E-state index contributed by atoms with van der Waals surface area (Å²) in [7, 11) is 0. The van der Waals surface area contributed by atoms with Crippen molar-refractivity contribution in [3.63, 3.8) is 0 Å². The van der Waals surface area contributed by atoms with Crippen molar-refractivity contribution in [2.45, 2.75) is 13.5 Å². The highest BCUT2D eigenvalue weighted by atomic mass is 32.1. The van der Waals surface area contributed by atoms with Crippen LogP contribution in [0.4, 0.5) is 8.78 Å². The van der Waals surface area contributed by atoms with E-state index in [1.54, 1.807) is 6.07 Å². The van der Waals surface area contributed by atoms with E-state index in [2.05, 4.69) is 4.98 Å². The van der Waals surface area contributed by atoms with Crippen molar-refractivity contribution in [1.29, 1.82) is 0 Å². The summed E-state index contributed by atoms with van der Waals surface area (Å²) < 4.78 is 28.7. The molecule has 1 aromatic heterocycles. The van der Waals surface area contributed by atoms with Crippen LogP contribution >= 0.6 is 12.2 Å². The third-order valence-electron chi connectivity index (χ3n) is 3.32. The minimum absolute atomic E-state index is 0.404. The van der Waals surface area contributed by atoms with Crippen molar-refractivity contribution < 1.29 is 8.78 Å². The lowest BCUT2D eigenvalue weighted by Crippen LogP contribution is -2.01. The number of benzene rings is 2. The standard InChI is InChI=1S/C15H12F2N2S/c1-9-3-2-4-13-14(9)19(15(20)18-13)8-10-5-6-11(16)12(17)7-10/h2-7H,8H2,1H3,(H,18,20). The molecule has 0 saturated heterocycles. The van der Waals surface area contributed by atoms with Gasteiger partial charge >= 0.3 is 0 Å². The van der Waals surface area contributed by atoms with Gasteiger partial charge in [-0.25, -0.2) is 8.78 Å². The molecular formula is C15H12F2N2S. The zero-order chi connectivity index (χ0) is 14.3. The number of H-pyrrole nitrogens is 1. The molecule has 1 heterocycles. The summed E-state index contributed by atoms with van der Waals surface area (Å²) in [6.45, 7) is 2.40. The Kier molecular flexibility index (Phi) is 3.14. The topological polar surface area (TPSA) is 20.7 Å². The summed E-state index contributed by atoms with van der Waals surface area (Å²) in [6, 6.07) is 9.79. The number of aromatic amines is 1. The van der Waals surface area contributed by atoms with Crippen LogP contribution < -0.4 is 0 Å². The summed E-state index contributed by atoms with van der Waals surface area (Å²) in [5.41, 5.74) is 3.68. The first-order valence-electron chi connectivity index (χ1n) is 6.18. The van der Waals surface area contributed by atoms with Crippen LogP contribution in [0.1, 0.15) is 11.1 Å². The largest absolute Gasteiger partial charge is 0.331 e. The molecule has 0 aliphatic heterocycles. The maximum Gasteiger partial charge on any atom is 0.178 e. The van der Waals surface area contributed by atoms with E-state index < -0.39 is 11.6 Å². The van der Waals surface area contributed by atoms with Crippen molar-refractivity contribution >= 4 is 23.3 Å². The van der Waals surface area contributed by atoms with Gasteiger partial charge in [0.2, 0.25) is 0 Å². The molecular weight excluding hydrogens is 278 g/mol. The number of imidazole rings is 1. The maximum absolute atomic E-state index is 13.3. The monoisotopic (exact) mass is 290 g/mol. The molecule has 0 spiro atoms. The predicted molar refractivity (Wildman–Crippen MR) is 77.3 cm³/mol. The number of aromatic nitrogens is 2. The minimum atomic E-state index is -0.842. The van der Waals surface area contributed by atoms with Crippen LogP contribution in [0.3, 0.4) is 0 Å². The van der Waals surface area contributed by atoms with Crippen LogP contribution in [0, 0.1) is 23.3 Å². The van der Waals surface area contributed by atoms with Crippen molar-refractivity contribution in [3.8, 4) is 0 Å². The fourth-order valence-corrected chi connectivity index (χ4v) is 2.64. The summed E-state index contributed by atoms with van der Waals surface area (Å²) in [5.74, 6) is -1.68. The minimum Gasteiger partial charge on any atom is -0.331 e. The molecule has 3 rings (SSSR count). The Hall–Kier alpha value is -2.01. The molecule has 0 atom stereocenters. The fraction of sp³-hybridized carbons (Fsp3) is 0.133. The number of para-hydroxylation sites is 1. The molecule has 2 aromatic carbocycles. The second kappa shape index (κ2) is 4.83. The smallest absolute Gasteiger partial charge is 0.178 e.